The van der Waals surface area contributed by atoms with E-state index in [0.717, 1.165) is 37.2 Å². The third-order valence-electron chi connectivity index (χ3n) is 3.67. The molecular weight excluding hydrogens is 278 g/mol. The highest BCUT2D eigenvalue weighted by molar-refractivity contribution is 5.70. The molecule has 0 bridgehead atoms. The van der Waals surface area contributed by atoms with Crippen LogP contribution in [0.1, 0.15) is 30.0 Å². The Morgan fingerprint density at radius 2 is 2.05 bits per heavy atom. The minimum absolute atomic E-state index is 0.349. The second-order valence-corrected chi connectivity index (χ2v) is 5.09. The highest BCUT2D eigenvalue weighted by atomic mass is 16.5. The van der Waals surface area contributed by atoms with Crippen molar-refractivity contribution < 1.29 is 9.15 Å². The Morgan fingerprint density at radius 1 is 1.27 bits per heavy atom. The molecular formula is C17H17N3O2. The van der Waals surface area contributed by atoms with Crippen LogP contribution in [0.15, 0.2) is 28.7 Å². The van der Waals surface area contributed by atoms with Gasteiger partial charge in [0.1, 0.15) is 11.8 Å². The summed E-state index contributed by atoms with van der Waals surface area (Å²) in [7, 11) is 1.64. The fraction of sp³-hybridized carbons (Fsp3) is 0.294. The van der Waals surface area contributed by atoms with E-state index in [0.29, 0.717) is 17.5 Å². The minimum Gasteiger partial charge on any atom is -0.496 e. The van der Waals surface area contributed by atoms with Crippen molar-refractivity contribution in [2.24, 2.45) is 0 Å². The van der Waals surface area contributed by atoms with Crippen LogP contribution in [0, 0.1) is 11.3 Å². The first-order valence-electron chi connectivity index (χ1n) is 7.29. The van der Waals surface area contributed by atoms with Crippen LogP contribution in [-0.4, -0.2) is 25.2 Å². The molecule has 2 aromatic rings. The monoisotopic (exact) mass is 295 g/mol. The molecule has 2 heterocycles. The highest BCUT2D eigenvalue weighted by Gasteiger charge is 2.21. The number of para-hydroxylation sites is 1. The number of benzene rings is 1. The van der Waals surface area contributed by atoms with Crippen molar-refractivity contribution >= 4 is 18.0 Å². The Hall–Kier alpha value is -2.74. The maximum absolute atomic E-state index is 9.22. The van der Waals surface area contributed by atoms with Gasteiger partial charge in [0.15, 0.2) is 0 Å². The summed E-state index contributed by atoms with van der Waals surface area (Å²) < 4.78 is 11.1. The molecule has 22 heavy (non-hydrogen) atoms. The number of anilines is 1. The molecule has 0 spiro atoms. The molecule has 3 rings (SSSR count). The summed E-state index contributed by atoms with van der Waals surface area (Å²) >= 11 is 0. The van der Waals surface area contributed by atoms with Crippen molar-refractivity contribution in [3.05, 3.63) is 41.4 Å². The van der Waals surface area contributed by atoms with Gasteiger partial charge in [0.05, 0.1) is 7.11 Å². The Bertz CT molecular complexity index is 722. The number of hydrogen-bond acceptors (Lipinski definition) is 5. The second kappa shape index (κ2) is 6.35. The van der Waals surface area contributed by atoms with E-state index in [4.69, 9.17) is 9.15 Å². The number of hydrogen-bond donors (Lipinski definition) is 0. The molecule has 0 atom stereocenters. The van der Waals surface area contributed by atoms with E-state index >= 15 is 0 Å². The quantitative estimate of drug-likeness (QED) is 0.865. The lowest BCUT2D eigenvalue weighted by molar-refractivity contribution is 0.414. The number of methoxy groups -OCH3 is 1. The lowest BCUT2D eigenvalue weighted by Gasteiger charge is -2.12. The third-order valence-corrected chi connectivity index (χ3v) is 3.67. The molecule has 1 aliphatic heterocycles. The van der Waals surface area contributed by atoms with E-state index in [1.54, 1.807) is 13.2 Å². The van der Waals surface area contributed by atoms with Gasteiger partial charge in [0.25, 0.3) is 0 Å². The van der Waals surface area contributed by atoms with Crippen LogP contribution in [0.5, 0.6) is 5.75 Å². The van der Waals surface area contributed by atoms with E-state index in [9.17, 15) is 5.26 Å². The van der Waals surface area contributed by atoms with Gasteiger partial charge in [-0.3, -0.25) is 0 Å². The predicted molar refractivity (Wildman–Crippen MR) is 84.6 cm³/mol. The van der Waals surface area contributed by atoms with E-state index in [-0.39, 0.29) is 0 Å². The first-order chi connectivity index (χ1) is 10.8. The molecule has 5 heteroatoms. The van der Waals surface area contributed by atoms with Crippen LogP contribution in [-0.2, 0) is 0 Å². The normalized spacial score (nSPS) is 14.5. The Kier molecular flexibility index (Phi) is 4.10. The average Bonchev–Trinajstić information content (AvgIpc) is 3.22. The van der Waals surface area contributed by atoms with Crippen molar-refractivity contribution in [1.82, 2.24) is 4.98 Å². The minimum atomic E-state index is 0.349. The number of ether oxygens (including phenoxy) is 1. The first-order valence-corrected chi connectivity index (χ1v) is 7.29. The highest BCUT2D eigenvalue weighted by Crippen LogP contribution is 2.27. The molecule has 112 valence electrons. The smallest absolute Gasteiger partial charge is 0.235 e. The van der Waals surface area contributed by atoms with Crippen LogP contribution < -0.4 is 9.64 Å². The zero-order valence-electron chi connectivity index (χ0n) is 12.5. The number of nitriles is 1. The summed E-state index contributed by atoms with van der Waals surface area (Å²) in [5.74, 6) is 1.80. The molecule has 1 fully saturated rings. The zero-order chi connectivity index (χ0) is 15.4. The molecule has 1 aromatic heterocycles. The fourth-order valence-corrected chi connectivity index (χ4v) is 2.57. The van der Waals surface area contributed by atoms with Crippen LogP contribution >= 0.6 is 0 Å². The molecule has 0 unspecified atom stereocenters. The van der Waals surface area contributed by atoms with Gasteiger partial charge in [-0.25, -0.2) is 0 Å². The maximum atomic E-state index is 9.22. The van der Waals surface area contributed by atoms with Crippen LogP contribution in [0.2, 0.25) is 0 Å². The van der Waals surface area contributed by atoms with Crippen LogP contribution in [0.3, 0.4) is 0 Å². The summed E-state index contributed by atoms with van der Waals surface area (Å²) in [5.41, 5.74) is 1.28. The number of oxazole rings is 1. The molecule has 0 saturated carbocycles. The van der Waals surface area contributed by atoms with Gasteiger partial charge in [-0.1, -0.05) is 18.2 Å². The average molecular weight is 295 g/mol. The van der Waals surface area contributed by atoms with Gasteiger partial charge < -0.3 is 14.1 Å². The van der Waals surface area contributed by atoms with Gasteiger partial charge in [0.2, 0.25) is 17.5 Å². The topological polar surface area (TPSA) is 62.3 Å². The zero-order valence-corrected chi connectivity index (χ0v) is 12.5. The molecule has 0 aliphatic carbocycles. The Morgan fingerprint density at radius 3 is 2.77 bits per heavy atom. The van der Waals surface area contributed by atoms with Gasteiger partial charge in [-0.15, -0.1) is 0 Å². The van der Waals surface area contributed by atoms with Gasteiger partial charge in [0, 0.05) is 24.7 Å². The molecule has 0 radical (unpaired) electrons. The molecule has 1 saturated heterocycles. The number of rotatable bonds is 4. The van der Waals surface area contributed by atoms with Crippen LogP contribution in [0.4, 0.5) is 5.88 Å². The molecule has 1 aromatic carbocycles. The number of nitrogens with zero attached hydrogens (tertiary/aromatic N) is 3. The van der Waals surface area contributed by atoms with E-state index in [1.165, 1.54) is 0 Å². The molecule has 5 nitrogen and oxygen atoms in total. The van der Waals surface area contributed by atoms with Crippen LogP contribution in [0.25, 0.3) is 12.2 Å². The summed E-state index contributed by atoms with van der Waals surface area (Å²) in [6.07, 6.45) is 5.88. The lowest BCUT2D eigenvalue weighted by atomic mass is 10.2. The summed E-state index contributed by atoms with van der Waals surface area (Å²) in [4.78, 5) is 6.32. The summed E-state index contributed by atoms with van der Waals surface area (Å²) in [6.45, 7) is 1.83. The fourth-order valence-electron chi connectivity index (χ4n) is 2.57. The summed E-state index contributed by atoms with van der Waals surface area (Å²) in [6, 6.07) is 9.81. The van der Waals surface area contributed by atoms with Crippen molar-refractivity contribution in [2.75, 3.05) is 25.1 Å². The van der Waals surface area contributed by atoms with E-state index in [2.05, 4.69) is 16.0 Å². The summed E-state index contributed by atoms with van der Waals surface area (Å²) in [5, 5.41) is 9.22. The van der Waals surface area contributed by atoms with Crippen molar-refractivity contribution in [3.63, 3.8) is 0 Å². The largest absolute Gasteiger partial charge is 0.496 e. The molecule has 1 aliphatic rings. The van der Waals surface area contributed by atoms with Crippen molar-refractivity contribution in [1.29, 1.82) is 5.26 Å². The van der Waals surface area contributed by atoms with Gasteiger partial charge in [-0.2, -0.15) is 10.2 Å². The second-order valence-electron chi connectivity index (χ2n) is 5.09. The molecule has 0 amide bonds. The van der Waals surface area contributed by atoms with E-state index in [1.807, 2.05) is 30.3 Å². The SMILES string of the molecule is COc1ccccc1C=Cc1nc(C#N)c(N2CCCC2)o1. The van der Waals surface area contributed by atoms with Gasteiger partial charge in [-0.05, 0) is 25.0 Å². The van der Waals surface area contributed by atoms with Crippen molar-refractivity contribution in [3.8, 4) is 11.8 Å². The predicted octanol–water partition coefficient (Wildman–Crippen LogP) is 3.33. The van der Waals surface area contributed by atoms with E-state index < -0.39 is 0 Å². The Balaban J connectivity index is 1.86. The third kappa shape index (κ3) is 2.82. The number of aromatic nitrogens is 1. The molecule has 0 N–H and O–H groups in total. The first kappa shape index (κ1) is 14.2. The lowest BCUT2D eigenvalue weighted by Crippen LogP contribution is -2.17. The maximum Gasteiger partial charge on any atom is 0.235 e. The van der Waals surface area contributed by atoms with Crippen molar-refractivity contribution in [2.45, 2.75) is 12.8 Å². The Labute approximate surface area is 129 Å². The van der Waals surface area contributed by atoms with Gasteiger partial charge >= 0.3 is 0 Å². The standard InChI is InChI=1S/C17H17N3O2/c1-21-15-7-3-2-6-13(15)8-9-16-19-14(12-18)17(22-16)20-10-4-5-11-20/h2-3,6-9H,4-5,10-11H2,1H3.